The topological polar surface area (TPSA) is 16.1 Å². The molecule has 0 saturated heterocycles. The Bertz CT molecular complexity index is 487. The zero-order chi connectivity index (χ0) is 11.5. The highest BCUT2D eigenvalue weighted by Crippen LogP contribution is 2.25. The molecule has 0 fully saturated rings. The van der Waals surface area contributed by atoms with Gasteiger partial charge in [-0.15, -0.1) is 0 Å². The number of hydrogen-bond donors (Lipinski definition) is 0. The Kier molecular flexibility index (Phi) is 3.09. The molecular formula is C14H18N2. The van der Waals surface area contributed by atoms with Crippen LogP contribution in [0.15, 0.2) is 30.3 Å². The van der Waals surface area contributed by atoms with E-state index in [0.29, 0.717) is 0 Å². The fourth-order valence-corrected chi connectivity index (χ4v) is 2.05. The van der Waals surface area contributed by atoms with Gasteiger partial charge in [0, 0.05) is 24.2 Å². The third-order valence-electron chi connectivity index (χ3n) is 2.94. The molecule has 2 rings (SSSR count). The van der Waals surface area contributed by atoms with Gasteiger partial charge < -0.3 is 4.90 Å². The van der Waals surface area contributed by atoms with Crippen LogP contribution in [0.2, 0.25) is 0 Å². The first-order valence-corrected chi connectivity index (χ1v) is 5.87. The van der Waals surface area contributed by atoms with Gasteiger partial charge in [0.15, 0.2) is 0 Å². The molecule has 0 bridgehead atoms. The fraction of sp³-hybridized carbons (Fsp3) is 0.357. The van der Waals surface area contributed by atoms with Gasteiger partial charge in [-0.2, -0.15) is 0 Å². The van der Waals surface area contributed by atoms with Gasteiger partial charge in [-0.05, 0) is 32.9 Å². The molecular weight excluding hydrogens is 196 g/mol. The minimum absolute atomic E-state index is 1.02. The van der Waals surface area contributed by atoms with E-state index in [1.165, 1.54) is 11.1 Å². The first kappa shape index (κ1) is 10.9. The van der Waals surface area contributed by atoms with Gasteiger partial charge in [0.25, 0.3) is 0 Å². The number of para-hydroxylation sites is 1. The SMILES string of the molecule is CCN(CC)c1cccc2ccc(C)nc12. The summed E-state index contributed by atoms with van der Waals surface area (Å²) in [5.74, 6) is 0. The number of rotatable bonds is 3. The predicted molar refractivity (Wildman–Crippen MR) is 70.0 cm³/mol. The van der Waals surface area contributed by atoms with Gasteiger partial charge in [-0.1, -0.05) is 18.2 Å². The second-order valence-electron chi connectivity index (χ2n) is 3.97. The predicted octanol–water partition coefficient (Wildman–Crippen LogP) is 3.39. The third kappa shape index (κ3) is 1.87. The Labute approximate surface area is 96.9 Å². The van der Waals surface area contributed by atoms with Crippen LogP contribution in [-0.4, -0.2) is 18.1 Å². The molecule has 0 amide bonds. The molecule has 0 spiro atoms. The van der Waals surface area contributed by atoms with E-state index in [-0.39, 0.29) is 0 Å². The van der Waals surface area contributed by atoms with Gasteiger partial charge in [-0.25, -0.2) is 0 Å². The number of pyridine rings is 1. The van der Waals surface area contributed by atoms with Crippen LogP contribution in [0, 0.1) is 6.92 Å². The second kappa shape index (κ2) is 4.52. The lowest BCUT2D eigenvalue weighted by atomic mass is 10.1. The van der Waals surface area contributed by atoms with Crippen molar-refractivity contribution in [3.63, 3.8) is 0 Å². The van der Waals surface area contributed by atoms with Crippen LogP contribution < -0.4 is 4.90 Å². The average Bonchev–Trinajstić information content (AvgIpc) is 2.31. The molecule has 1 aromatic carbocycles. The molecule has 0 N–H and O–H groups in total. The summed E-state index contributed by atoms with van der Waals surface area (Å²) in [5, 5.41) is 1.22. The summed E-state index contributed by atoms with van der Waals surface area (Å²) in [6.45, 7) is 8.44. The van der Waals surface area contributed by atoms with E-state index in [2.05, 4.69) is 54.1 Å². The number of aromatic nitrogens is 1. The summed E-state index contributed by atoms with van der Waals surface area (Å²) in [6, 6.07) is 10.6. The second-order valence-corrected chi connectivity index (χ2v) is 3.97. The molecule has 0 aliphatic carbocycles. The molecule has 0 atom stereocenters. The molecule has 0 aliphatic rings. The van der Waals surface area contributed by atoms with Gasteiger partial charge in [0.1, 0.15) is 0 Å². The number of hydrogen-bond acceptors (Lipinski definition) is 2. The summed E-state index contributed by atoms with van der Waals surface area (Å²) in [7, 11) is 0. The van der Waals surface area contributed by atoms with Crippen LogP contribution in [0.3, 0.4) is 0 Å². The Morgan fingerprint density at radius 1 is 1.06 bits per heavy atom. The first-order valence-electron chi connectivity index (χ1n) is 5.87. The lowest BCUT2D eigenvalue weighted by Gasteiger charge is -2.22. The summed E-state index contributed by atoms with van der Waals surface area (Å²) in [5.41, 5.74) is 3.43. The molecule has 0 radical (unpaired) electrons. The van der Waals surface area contributed by atoms with Crippen molar-refractivity contribution in [2.75, 3.05) is 18.0 Å². The van der Waals surface area contributed by atoms with E-state index in [4.69, 9.17) is 0 Å². The highest BCUT2D eigenvalue weighted by Gasteiger charge is 2.07. The van der Waals surface area contributed by atoms with Gasteiger partial charge in [0.2, 0.25) is 0 Å². The van der Waals surface area contributed by atoms with Crippen LogP contribution in [-0.2, 0) is 0 Å². The minimum Gasteiger partial charge on any atom is -0.370 e. The monoisotopic (exact) mass is 214 g/mol. The molecule has 0 aliphatic heterocycles. The largest absolute Gasteiger partial charge is 0.370 e. The van der Waals surface area contributed by atoms with Gasteiger partial charge >= 0.3 is 0 Å². The van der Waals surface area contributed by atoms with Gasteiger partial charge in [0.05, 0.1) is 11.2 Å². The standard InChI is InChI=1S/C14H18N2/c1-4-16(5-2)13-8-6-7-12-10-9-11(3)15-14(12)13/h6-10H,4-5H2,1-3H3. The summed E-state index contributed by atoms with van der Waals surface area (Å²) < 4.78 is 0. The van der Waals surface area contributed by atoms with Crippen molar-refractivity contribution in [2.24, 2.45) is 0 Å². The summed E-state index contributed by atoms with van der Waals surface area (Å²) in [6.07, 6.45) is 0. The van der Waals surface area contributed by atoms with Crippen molar-refractivity contribution >= 4 is 16.6 Å². The maximum Gasteiger partial charge on any atom is 0.0938 e. The van der Waals surface area contributed by atoms with Crippen molar-refractivity contribution in [1.82, 2.24) is 4.98 Å². The number of aryl methyl sites for hydroxylation is 1. The normalized spacial score (nSPS) is 10.7. The summed E-state index contributed by atoms with van der Waals surface area (Å²) in [4.78, 5) is 6.99. The van der Waals surface area contributed by atoms with Crippen molar-refractivity contribution in [3.8, 4) is 0 Å². The molecule has 0 unspecified atom stereocenters. The van der Waals surface area contributed by atoms with Crippen LogP contribution in [0.1, 0.15) is 19.5 Å². The van der Waals surface area contributed by atoms with Crippen LogP contribution in [0.4, 0.5) is 5.69 Å². The lowest BCUT2D eigenvalue weighted by Crippen LogP contribution is -2.22. The zero-order valence-electron chi connectivity index (χ0n) is 10.2. The van der Waals surface area contributed by atoms with E-state index < -0.39 is 0 Å². The highest BCUT2D eigenvalue weighted by molar-refractivity contribution is 5.90. The number of fused-ring (bicyclic) bond motifs is 1. The van der Waals surface area contributed by atoms with E-state index in [9.17, 15) is 0 Å². The molecule has 1 aromatic heterocycles. The maximum atomic E-state index is 4.65. The Morgan fingerprint density at radius 2 is 1.81 bits per heavy atom. The van der Waals surface area contributed by atoms with Crippen molar-refractivity contribution in [1.29, 1.82) is 0 Å². The Balaban J connectivity index is 2.64. The van der Waals surface area contributed by atoms with Gasteiger partial charge in [-0.3, -0.25) is 4.98 Å². The number of benzene rings is 1. The fourth-order valence-electron chi connectivity index (χ4n) is 2.05. The smallest absolute Gasteiger partial charge is 0.0938 e. The highest BCUT2D eigenvalue weighted by atomic mass is 15.1. The average molecular weight is 214 g/mol. The molecule has 2 nitrogen and oxygen atoms in total. The zero-order valence-corrected chi connectivity index (χ0v) is 10.2. The van der Waals surface area contributed by atoms with Crippen molar-refractivity contribution in [3.05, 3.63) is 36.0 Å². The first-order chi connectivity index (χ1) is 7.76. The summed E-state index contributed by atoms with van der Waals surface area (Å²) >= 11 is 0. The van der Waals surface area contributed by atoms with E-state index in [0.717, 1.165) is 24.3 Å². The van der Waals surface area contributed by atoms with Crippen molar-refractivity contribution < 1.29 is 0 Å². The number of anilines is 1. The van der Waals surface area contributed by atoms with Crippen molar-refractivity contribution in [2.45, 2.75) is 20.8 Å². The molecule has 84 valence electrons. The van der Waals surface area contributed by atoms with E-state index in [1.54, 1.807) is 0 Å². The maximum absolute atomic E-state index is 4.65. The van der Waals surface area contributed by atoms with Crippen LogP contribution in [0.25, 0.3) is 10.9 Å². The van der Waals surface area contributed by atoms with E-state index >= 15 is 0 Å². The quantitative estimate of drug-likeness (QED) is 0.778. The molecule has 16 heavy (non-hydrogen) atoms. The van der Waals surface area contributed by atoms with Crippen LogP contribution in [0.5, 0.6) is 0 Å². The minimum atomic E-state index is 1.02. The third-order valence-corrected chi connectivity index (χ3v) is 2.94. The molecule has 2 aromatic rings. The molecule has 0 saturated carbocycles. The van der Waals surface area contributed by atoms with E-state index in [1.807, 2.05) is 6.92 Å². The Morgan fingerprint density at radius 3 is 2.50 bits per heavy atom. The molecule has 2 heteroatoms. The lowest BCUT2D eigenvalue weighted by molar-refractivity contribution is 0.869. The van der Waals surface area contributed by atoms with Crippen LogP contribution >= 0.6 is 0 Å². The molecule has 1 heterocycles. The number of nitrogens with zero attached hydrogens (tertiary/aromatic N) is 2. The Hall–Kier alpha value is -1.57.